The van der Waals surface area contributed by atoms with Crippen LogP contribution in [-0.4, -0.2) is 32.2 Å². The summed E-state index contributed by atoms with van der Waals surface area (Å²) < 4.78 is 0. The van der Waals surface area contributed by atoms with Crippen molar-refractivity contribution in [2.45, 2.75) is 26.2 Å². The molecule has 0 aliphatic carbocycles. The van der Waals surface area contributed by atoms with Crippen LogP contribution < -0.4 is 5.32 Å². The van der Waals surface area contributed by atoms with Crippen molar-refractivity contribution in [2.75, 3.05) is 5.32 Å². The highest BCUT2D eigenvalue weighted by atomic mass is 16.4. The normalized spacial score (nSPS) is 11.2. The van der Waals surface area contributed by atoms with Gasteiger partial charge in [-0.2, -0.15) is 0 Å². The van der Waals surface area contributed by atoms with Crippen LogP contribution in [0.3, 0.4) is 0 Å². The minimum atomic E-state index is -1.02. The third-order valence-electron chi connectivity index (χ3n) is 2.79. The molecule has 110 valence electrons. The average Bonchev–Trinajstić information content (AvgIpc) is 2.88. The molecule has 0 unspecified atom stereocenters. The van der Waals surface area contributed by atoms with E-state index in [1.165, 1.54) is 24.3 Å². The van der Waals surface area contributed by atoms with Crippen molar-refractivity contribution < 1.29 is 14.7 Å². The van der Waals surface area contributed by atoms with Crippen LogP contribution in [-0.2, 0) is 5.41 Å². The fraction of sp³-hybridized carbons (Fsp3) is 0.286. The van der Waals surface area contributed by atoms with E-state index in [9.17, 15) is 9.59 Å². The lowest BCUT2D eigenvalue weighted by molar-refractivity contribution is 0.0696. The summed E-state index contributed by atoms with van der Waals surface area (Å²) in [4.78, 5) is 26.9. The summed E-state index contributed by atoms with van der Waals surface area (Å²) in [5.41, 5.74) is 0.405. The lowest BCUT2D eigenvalue weighted by atomic mass is 9.96. The van der Waals surface area contributed by atoms with Crippen molar-refractivity contribution >= 4 is 17.6 Å². The van der Waals surface area contributed by atoms with Crippen molar-refractivity contribution in [1.29, 1.82) is 0 Å². The van der Waals surface area contributed by atoms with Crippen molar-refractivity contribution in [3.63, 3.8) is 0 Å². The minimum Gasteiger partial charge on any atom is -0.478 e. The molecule has 1 amide bonds. The van der Waals surface area contributed by atoms with Crippen LogP contribution in [0.5, 0.6) is 0 Å². The van der Waals surface area contributed by atoms with Gasteiger partial charge in [0, 0.05) is 11.1 Å². The molecule has 21 heavy (non-hydrogen) atoms. The number of amides is 1. The van der Waals surface area contributed by atoms with Gasteiger partial charge in [-0.1, -0.05) is 20.8 Å². The third kappa shape index (κ3) is 3.44. The number of nitrogens with one attached hydrogen (secondary N) is 2. The number of aromatic carboxylic acids is 1. The van der Waals surface area contributed by atoms with Gasteiger partial charge in [-0.15, -0.1) is 5.10 Å². The molecule has 0 atom stereocenters. The van der Waals surface area contributed by atoms with Gasteiger partial charge in [-0.3, -0.25) is 9.89 Å². The number of aromatic nitrogens is 3. The maximum absolute atomic E-state index is 12.0. The third-order valence-corrected chi connectivity index (χ3v) is 2.79. The maximum atomic E-state index is 12.0. The number of hydrogen-bond acceptors (Lipinski definition) is 4. The van der Waals surface area contributed by atoms with E-state index in [1.54, 1.807) is 0 Å². The second-order valence-corrected chi connectivity index (χ2v) is 5.59. The topological polar surface area (TPSA) is 108 Å². The Bertz CT molecular complexity index is 668. The summed E-state index contributed by atoms with van der Waals surface area (Å²) in [7, 11) is 0. The second kappa shape index (κ2) is 5.35. The van der Waals surface area contributed by atoms with Crippen LogP contribution in [0, 0.1) is 0 Å². The number of rotatable bonds is 3. The second-order valence-electron chi connectivity index (χ2n) is 5.59. The lowest BCUT2D eigenvalue weighted by Gasteiger charge is -2.12. The van der Waals surface area contributed by atoms with E-state index < -0.39 is 11.9 Å². The van der Waals surface area contributed by atoms with E-state index in [1.807, 2.05) is 20.8 Å². The number of H-pyrrole nitrogens is 1. The summed E-state index contributed by atoms with van der Waals surface area (Å²) in [6.07, 6.45) is 0. The maximum Gasteiger partial charge on any atom is 0.335 e. The van der Waals surface area contributed by atoms with Crippen LogP contribution in [0.2, 0.25) is 0 Å². The number of carbonyl (C=O) groups excluding carboxylic acids is 1. The highest BCUT2D eigenvalue weighted by Crippen LogP contribution is 2.17. The Morgan fingerprint density at radius 2 is 1.81 bits per heavy atom. The number of anilines is 1. The quantitative estimate of drug-likeness (QED) is 0.801. The molecule has 3 N–H and O–H groups in total. The zero-order valence-corrected chi connectivity index (χ0v) is 12.0. The molecule has 2 rings (SSSR count). The standard InChI is InChI=1S/C14H16N4O3/c1-14(2,3)13-16-10(17-18-13)11(19)15-9-6-4-8(5-7-9)12(20)21/h4-7H,1-3H3,(H,15,19)(H,20,21)(H,16,17,18). The predicted octanol–water partition coefficient (Wildman–Crippen LogP) is 2.05. The number of benzene rings is 1. The molecular weight excluding hydrogens is 272 g/mol. The van der Waals surface area contributed by atoms with Crippen LogP contribution in [0.25, 0.3) is 0 Å². The molecule has 2 aromatic rings. The van der Waals surface area contributed by atoms with Gasteiger partial charge in [0.15, 0.2) is 0 Å². The van der Waals surface area contributed by atoms with Gasteiger partial charge in [0.1, 0.15) is 5.82 Å². The Labute approximate surface area is 121 Å². The Kier molecular flexibility index (Phi) is 3.75. The Morgan fingerprint density at radius 3 is 2.29 bits per heavy atom. The first-order valence-corrected chi connectivity index (χ1v) is 6.35. The van der Waals surface area contributed by atoms with E-state index in [0.29, 0.717) is 11.5 Å². The van der Waals surface area contributed by atoms with Crippen molar-refractivity contribution in [1.82, 2.24) is 15.2 Å². The largest absolute Gasteiger partial charge is 0.478 e. The van der Waals surface area contributed by atoms with Gasteiger partial charge >= 0.3 is 5.97 Å². The molecule has 1 aromatic carbocycles. The molecule has 0 fully saturated rings. The van der Waals surface area contributed by atoms with Crippen molar-refractivity contribution in [2.24, 2.45) is 0 Å². The van der Waals surface area contributed by atoms with Gasteiger partial charge < -0.3 is 10.4 Å². The fourth-order valence-electron chi connectivity index (χ4n) is 1.58. The molecule has 7 heteroatoms. The smallest absolute Gasteiger partial charge is 0.335 e. The molecule has 0 aliphatic rings. The predicted molar refractivity (Wildman–Crippen MR) is 76.4 cm³/mol. The number of aromatic amines is 1. The van der Waals surface area contributed by atoms with E-state index in [-0.39, 0.29) is 16.8 Å². The summed E-state index contributed by atoms with van der Waals surface area (Å²) in [5.74, 6) is -0.808. The van der Waals surface area contributed by atoms with Gasteiger partial charge in [-0.05, 0) is 24.3 Å². The average molecular weight is 288 g/mol. The number of carbonyl (C=O) groups is 2. The first-order valence-electron chi connectivity index (χ1n) is 6.35. The molecule has 0 saturated carbocycles. The van der Waals surface area contributed by atoms with Gasteiger partial charge in [0.25, 0.3) is 5.91 Å². The zero-order valence-electron chi connectivity index (χ0n) is 12.0. The molecule has 0 spiro atoms. The Balaban J connectivity index is 2.11. The van der Waals surface area contributed by atoms with Crippen molar-refractivity contribution in [3.8, 4) is 0 Å². The Morgan fingerprint density at radius 1 is 1.19 bits per heavy atom. The highest BCUT2D eigenvalue weighted by molar-refractivity contribution is 6.01. The van der Waals surface area contributed by atoms with E-state index in [2.05, 4.69) is 20.5 Å². The zero-order chi connectivity index (χ0) is 15.6. The molecule has 0 saturated heterocycles. The molecule has 1 heterocycles. The fourth-order valence-corrected chi connectivity index (χ4v) is 1.58. The van der Waals surface area contributed by atoms with Gasteiger partial charge in [0.05, 0.1) is 5.56 Å². The van der Waals surface area contributed by atoms with Crippen LogP contribution in [0.4, 0.5) is 5.69 Å². The number of carboxylic acids is 1. The minimum absolute atomic E-state index is 0.0437. The lowest BCUT2D eigenvalue weighted by Crippen LogP contribution is -2.16. The van der Waals surface area contributed by atoms with Crippen LogP contribution in [0.1, 0.15) is 47.6 Å². The van der Waals surface area contributed by atoms with Gasteiger partial charge in [0.2, 0.25) is 5.82 Å². The molecule has 1 aromatic heterocycles. The number of carboxylic acid groups (broad SMARTS) is 1. The van der Waals surface area contributed by atoms with Gasteiger partial charge in [-0.25, -0.2) is 9.78 Å². The van der Waals surface area contributed by atoms with Crippen LogP contribution >= 0.6 is 0 Å². The summed E-state index contributed by atoms with van der Waals surface area (Å²) in [5, 5.41) is 18.0. The molecule has 0 radical (unpaired) electrons. The van der Waals surface area contributed by atoms with Crippen molar-refractivity contribution in [3.05, 3.63) is 41.5 Å². The summed E-state index contributed by atoms with van der Waals surface area (Å²) in [6.45, 7) is 5.87. The molecule has 7 nitrogen and oxygen atoms in total. The monoisotopic (exact) mass is 288 g/mol. The molecule has 0 bridgehead atoms. The highest BCUT2D eigenvalue weighted by Gasteiger charge is 2.21. The summed E-state index contributed by atoms with van der Waals surface area (Å²) in [6, 6.07) is 5.85. The number of nitrogens with zero attached hydrogens (tertiary/aromatic N) is 2. The Hall–Kier alpha value is -2.70. The molecule has 0 aliphatic heterocycles. The number of hydrogen-bond donors (Lipinski definition) is 3. The van der Waals surface area contributed by atoms with E-state index in [0.717, 1.165) is 0 Å². The summed E-state index contributed by atoms with van der Waals surface area (Å²) >= 11 is 0. The van der Waals surface area contributed by atoms with Crippen LogP contribution in [0.15, 0.2) is 24.3 Å². The first-order chi connectivity index (χ1) is 9.77. The SMILES string of the molecule is CC(C)(C)c1nc(C(=O)Nc2ccc(C(=O)O)cc2)n[nH]1. The van der Waals surface area contributed by atoms with E-state index >= 15 is 0 Å². The molecular formula is C14H16N4O3. The first kappa shape index (κ1) is 14.7. The van der Waals surface area contributed by atoms with E-state index in [4.69, 9.17) is 5.11 Å².